The molecule has 5 heteroatoms. The second kappa shape index (κ2) is 7.94. The van der Waals surface area contributed by atoms with E-state index in [0.29, 0.717) is 6.54 Å². The van der Waals surface area contributed by atoms with E-state index in [0.717, 1.165) is 48.1 Å². The first-order valence-electron chi connectivity index (χ1n) is 8.94. The van der Waals surface area contributed by atoms with Crippen LogP contribution in [0.3, 0.4) is 0 Å². The third-order valence-electron chi connectivity index (χ3n) is 5.11. The van der Waals surface area contributed by atoms with Gasteiger partial charge in [0.25, 0.3) is 5.91 Å². The summed E-state index contributed by atoms with van der Waals surface area (Å²) in [6.07, 6.45) is 3.21. The number of para-hydroxylation sites is 1. The van der Waals surface area contributed by atoms with Crippen LogP contribution in [0.5, 0.6) is 0 Å². The number of rotatable bonds is 3. The molecule has 136 valence electrons. The Bertz CT molecular complexity index is 855. The molecule has 4 rings (SSSR count). The minimum atomic E-state index is 0. The Hall–Kier alpha value is -2.30. The van der Waals surface area contributed by atoms with E-state index in [-0.39, 0.29) is 24.4 Å². The second-order valence-corrected chi connectivity index (χ2v) is 6.72. The van der Waals surface area contributed by atoms with Crippen molar-refractivity contribution in [3.63, 3.8) is 0 Å². The Balaban J connectivity index is 0.00000196. The quantitative estimate of drug-likeness (QED) is 0.718. The average molecular weight is 370 g/mol. The molecular weight excluding hydrogens is 346 g/mol. The largest absolute Gasteiger partial charge is 0.357 e. The highest BCUT2D eigenvalue weighted by Crippen LogP contribution is 2.33. The van der Waals surface area contributed by atoms with E-state index in [9.17, 15) is 4.79 Å². The van der Waals surface area contributed by atoms with Gasteiger partial charge in [0, 0.05) is 29.9 Å². The molecule has 1 saturated heterocycles. The monoisotopic (exact) mass is 369 g/mol. The lowest BCUT2D eigenvalue weighted by Gasteiger charge is -2.35. The van der Waals surface area contributed by atoms with E-state index >= 15 is 0 Å². The number of carbonyl (C=O) groups is 1. The fourth-order valence-electron chi connectivity index (χ4n) is 3.72. The normalized spacial score (nSPS) is 17.1. The fourth-order valence-corrected chi connectivity index (χ4v) is 3.72. The van der Waals surface area contributed by atoms with Gasteiger partial charge in [-0.05, 0) is 54.5 Å². The minimum absolute atomic E-state index is 0. The maximum Gasteiger partial charge on any atom is 0.254 e. The Morgan fingerprint density at radius 3 is 2.62 bits per heavy atom. The van der Waals surface area contributed by atoms with E-state index in [2.05, 4.69) is 23.2 Å². The van der Waals surface area contributed by atoms with Crippen LogP contribution in [0, 0.1) is 0 Å². The number of piperidine rings is 1. The molecular formula is C21H24ClN3O. The van der Waals surface area contributed by atoms with Crippen LogP contribution in [-0.2, 0) is 6.54 Å². The number of nitrogens with zero attached hydrogens (tertiary/aromatic N) is 1. The van der Waals surface area contributed by atoms with Gasteiger partial charge in [0.2, 0.25) is 0 Å². The fraction of sp³-hybridized carbons (Fsp3) is 0.286. The molecule has 1 aliphatic rings. The zero-order valence-corrected chi connectivity index (χ0v) is 15.5. The molecule has 3 aromatic rings. The highest BCUT2D eigenvalue weighted by atomic mass is 35.5. The van der Waals surface area contributed by atoms with Crippen molar-refractivity contribution in [3.8, 4) is 0 Å². The molecule has 2 heterocycles. The number of fused-ring (bicyclic) bond motifs is 1. The predicted octanol–water partition coefficient (Wildman–Crippen LogP) is 4.42. The summed E-state index contributed by atoms with van der Waals surface area (Å²) >= 11 is 0. The van der Waals surface area contributed by atoms with Crippen LogP contribution in [0.1, 0.15) is 46.9 Å². The lowest BCUT2D eigenvalue weighted by molar-refractivity contribution is 0.0607. The molecule has 0 radical (unpaired) electrons. The SMILES string of the molecule is Cl.NCc1ccc(C(=O)N2CCCCC2c2cc3ccccc3[nH]2)cc1. The van der Waals surface area contributed by atoms with Crippen molar-refractivity contribution in [2.24, 2.45) is 5.73 Å². The van der Waals surface area contributed by atoms with Crippen LogP contribution in [0.4, 0.5) is 0 Å². The number of halogens is 1. The van der Waals surface area contributed by atoms with Crippen LogP contribution < -0.4 is 5.73 Å². The maximum atomic E-state index is 13.1. The third kappa shape index (κ3) is 3.48. The van der Waals surface area contributed by atoms with Crippen molar-refractivity contribution in [3.05, 3.63) is 71.4 Å². The number of amides is 1. The van der Waals surface area contributed by atoms with Crippen molar-refractivity contribution in [2.45, 2.75) is 31.8 Å². The Morgan fingerprint density at radius 2 is 1.88 bits per heavy atom. The molecule has 3 N–H and O–H groups in total. The summed E-state index contributed by atoms with van der Waals surface area (Å²) in [6.45, 7) is 1.30. The van der Waals surface area contributed by atoms with E-state index < -0.39 is 0 Å². The lowest BCUT2D eigenvalue weighted by atomic mass is 9.98. The molecule has 2 aromatic carbocycles. The first-order valence-corrected chi connectivity index (χ1v) is 8.94. The van der Waals surface area contributed by atoms with E-state index in [1.807, 2.05) is 41.3 Å². The smallest absolute Gasteiger partial charge is 0.254 e. The van der Waals surface area contributed by atoms with E-state index in [4.69, 9.17) is 5.73 Å². The van der Waals surface area contributed by atoms with Gasteiger partial charge in [0.05, 0.1) is 6.04 Å². The molecule has 1 fully saturated rings. The number of likely N-dealkylation sites (tertiary alicyclic amines) is 1. The third-order valence-corrected chi connectivity index (χ3v) is 5.11. The molecule has 0 spiro atoms. The topological polar surface area (TPSA) is 62.1 Å². The number of H-pyrrole nitrogens is 1. The van der Waals surface area contributed by atoms with Gasteiger partial charge in [-0.3, -0.25) is 4.79 Å². The molecule has 4 nitrogen and oxygen atoms in total. The van der Waals surface area contributed by atoms with E-state index in [1.54, 1.807) is 0 Å². The number of hydrogen-bond acceptors (Lipinski definition) is 2. The van der Waals surface area contributed by atoms with Crippen molar-refractivity contribution in [1.82, 2.24) is 9.88 Å². The standard InChI is InChI=1S/C21H23N3O.ClH/c22-14-15-8-10-16(11-9-15)21(25)24-12-4-3-7-20(24)19-13-17-5-1-2-6-18(17)23-19;/h1-2,5-6,8-11,13,20,23H,3-4,7,12,14,22H2;1H. The van der Waals surface area contributed by atoms with Crippen molar-refractivity contribution < 1.29 is 4.79 Å². The summed E-state index contributed by atoms with van der Waals surface area (Å²) in [6, 6.07) is 18.2. The Kier molecular flexibility index (Phi) is 5.64. The number of benzene rings is 2. The molecule has 1 amide bonds. The zero-order valence-electron chi connectivity index (χ0n) is 14.7. The van der Waals surface area contributed by atoms with Gasteiger partial charge in [-0.25, -0.2) is 0 Å². The zero-order chi connectivity index (χ0) is 17.2. The van der Waals surface area contributed by atoms with Gasteiger partial charge >= 0.3 is 0 Å². The summed E-state index contributed by atoms with van der Waals surface area (Å²) in [5.74, 6) is 0.104. The van der Waals surface area contributed by atoms with Crippen LogP contribution in [0.25, 0.3) is 10.9 Å². The van der Waals surface area contributed by atoms with Crippen LogP contribution in [-0.4, -0.2) is 22.3 Å². The Morgan fingerprint density at radius 1 is 1.12 bits per heavy atom. The summed E-state index contributed by atoms with van der Waals surface area (Å²) in [5, 5.41) is 1.20. The molecule has 1 atom stereocenters. The maximum absolute atomic E-state index is 13.1. The van der Waals surface area contributed by atoms with Gasteiger partial charge in [0.1, 0.15) is 0 Å². The van der Waals surface area contributed by atoms with Gasteiger partial charge in [-0.2, -0.15) is 0 Å². The molecule has 0 bridgehead atoms. The molecule has 1 aliphatic heterocycles. The lowest BCUT2D eigenvalue weighted by Crippen LogP contribution is -2.38. The first kappa shape index (κ1) is 18.5. The molecule has 0 aliphatic carbocycles. The van der Waals surface area contributed by atoms with Crippen LogP contribution in [0.2, 0.25) is 0 Å². The summed E-state index contributed by atoms with van der Waals surface area (Å²) in [4.78, 5) is 18.6. The summed E-state index contributed by atoms with van der Waals surface area (Å²) in [5.41, 5.74) is 9.69. The average Bonchev–Trinajstić information content (AvgIpc) is 3.11. The van der Waals surface area contributed by atoms with Crippen LogP contribution in [0.15, 0.2) is 54.6 Å². The van der Waals surface area contributed by atoms with Crippen molar-refractivity contribution in [1.29, 1.82) is 0 Å². The number of hydrogen-bond donors (Lipinski definition) is 2. The second-order valence-electron chi connectivity index (χ2n) is 6.72. The highest BCUT2D eigenvalue weighted by molar-refractivity contribution is 5.94. The molecule has 1 aromatic heterocycles. The number of aromatic amines is 1. The first-order chi connectivity index (χ1) is 12.3. The molecule has 1 unspecified atom stereocenters. The van der Waals surface area contributed by atoms with Crippen LogP contribution >= 0.6 is 12.4 Å². The van der Waals surface area contributed by atoms with Gasteiger partial charge in [0.15, 0.2) is 0 Å². The van der Waals surface area contributed by atoms with Gasteiger partial charge < -0.3 is 15.6 Å². The van der Waals surface area contributed by atoms with Crippen molar-refractivity contribution >= 4 is 29.2 Å². The van der Waals surface area contributed by atoms with Crippen molar-refractivity contribution in [2.75, 3.05) is 6.54 Å². The number of aromatic nitrogens is 1. The molecule has 0 saturated carbocycles. The number of carbonyl (C=O) groups excluding carboxylic acids is 1. The highest BCUT2D eigenvalue weighted by Gasteiger charge is 2.29. The minimum Gasteiger partial charge on any atom is -0.357 e. The summed E-state index contributed by atoms with van der Waals surface area (Å²) in [7, 11) is 0. The Labute approximate surface area is 159 Å². The van der Waals surface area contributed by atoms with Gasteiger partial charge in [-0.15, -0.1) is 12.4 Å². The summed E-state index contributed by atoms with van der Waals surface area (Å²) < 4.78 is 0. The molecule has 26 heavy (non-hydrogen) atoms. The number of nitrogens with one attached hydrogen (secondary N) is 1. The van der Waals surface area contributed by atoms with Gasteiger partial charge in [-0.1, -0.05) is 30.3 Å². The predicted molar refractivity (Wildman–Crippen MR) is 108 cm³/mol. The number of nitrogens with two attached hydrogens (primary N) is 1. The van der Waals surface area contributed by atoms with E-state index in [1.165, 1.54) is 5.39 Å².